The highest BCUT2D eigenvalue weighted by atomic mass is 16.5. The molecule has 0 saturated carbocycles. The minimum Gasteiger partial charge on any atom is -0.457 e. The Labute approximate surface area is 102 Å². The molecule has 4 nitrogen and oxygen atoms in total. The van der Waals surface area contributed by atoms with Crippen LogP contribution in [0.15, 0.2) is 23.3 Å². The summed E-state index contributed by atoms with van der Waals surface area (Å²) in [4.78, 5) is 14.0. The molecule has 0 unspecified atom stereocenters. The van der Waals surface area contributed by atoms with Crippen molar-refractivity contribution < 1.29 is 14.6 Å². The molecule has 0 aromatic heterocycles. The first-order chi connectivity index (χ1) is 8.17. The number of nitrogens with zero attached hydrogens (tertiary/aromatic N) is 1. The maximum atomic E-state index is 11.7. The second-order valence-electron chi connectivity index (χ2n) is 4.58. The van der Waals surface area contributed by atoms with Gasteiger partial charge in [-0.3, -0.25) is 4.90 Å². The molecule has 0 bridgehead atoms. The fourth-order valence-corrected chi connectivity index (χ4v) is 2.49. The summed E-state index contributed by atoms with van der Waals surface area (Å²) >= 11 is 0. The number of allylic oxidation sites excluding steroid dienone is 1. The van der Waals surface area contributed by atoms with Gasteiger partial charge in [0.25, 0.3) is 0 Å². The Hall–Kier alpha value is -1.13. The zero-order valence-corrected chi connectivity index (χ0v) is 10.3. The van der Waals surface area contributed by atoms with Crippen molar-refractivity contribution in [3.8, 4) is 0 Å². The number of hydrogen-bond acceptors (Lipinski definition) is 4. The first kappa shape index (κ1) is 12.3. The number of aliphatic hydroxyl groups is 1. The molecule has 2 aliphatic rings. The zero-order chi connectivity index (χ0) is 12.4. The molecule has 4 heteroatoms. The van der Waals surface area contributed by atoms with Gasteiger partial charge in [0, 0.05) is 18.7 Å². The van der Waals surface area contributed by atoms with E-state index in [1.807, 2.05) is 13.0 Å². The van der Waals surface area contributed by atoms with E-state index in [2.05, 4.69) is 4.90 Å². The van der Waals surface area contributed by atoms with Gasteiger partial charge in [0.2, 0.25) is 0 Å². The second kappa shape index (κ2) is 5.02. The predicted molar refractivity (Wildman–Crippen MR) is 64.5 cm³/mol. The van der Waals surface area contributed by atoms with E-state index in [-0.39, 0.29) is 24.7 Å². The topological polar surface area (TPSA) is 49.8 Å². The van der Waals surface area contributed by atoms with Gasteiger partial charge in [-0.05, 0) is 25.8 Å². The van der Waals surface area contributed by atoms with Gasteiger partial charge in [-0.1, -0.05) is 12.2 Å². The lowest BCUT2D eigenvalue weighted by molar-refractivity contribution is -0.144. The summed E-state index contributed by atoms with van der Waals surface area (Å²) in [6.45, 7) is 5.42. The van der Waals surface area contributed by atoms with Crippen LogP contribution in [0, 0.1) is 0 Å². The van der Waals surface area contributed by atoms with E-state index in [0.29, 0.717) is 5.57 Å². The van der Waals surface area contributed by atoms with Crippen molar-refractivity contribution in [1.82, 2.24) is 4.90 Å². The Morgan fingerprint density at radius 1 is 1.71 bits per heavy atom. The van der Waals surface area contributed by atoms with Gasteiger partial charge in [0.15, 0.2) is 0 Å². The van der Waals surface area contributed by atoms with Crippen LogP contribution in [0.4, 0.5) is 0 Å². The number of ether oxygens (including phenoxy) is 1. The highest BCUT2D eigenvalue weighted by molar-refractivity contribution is 5.87. The molecule has 0 spiro atoms. The van der Waals surface area contributed by atoms with Crippen molar-refractivity contribution in [2.45, 2.75) is 32.4 Å². The quantitative estimate of drug-likeness (QED) is 0.449. The summed E-state index contributed by atoms with van der Waals surface area (Å²) in [5.74, 6) is -0.247. The fraction of sp³-hybridized carbons (Fsp3) is 0.615. The third-order valence-electron chi connectivity index (χ3n) is 3.61. The van der Waals surface area contributed by atoms with Gasteiger partial charge < -0.3 is 9.84 Å². The molecule has 2 heterocycles. The lowest BCUT2D eigenvalue weighted by Gasteiger charge is -2.23. The summed E-state index contributed by atoms with van der Waals surface area (Å²) < 4.78 is 5.51. The molecule has 0 aliphatic carbocycles. The lowest BCUT2D eigenvalue weighted by Crippen LogP contribution is -2.35. The first-order valence-corrected chi connectivity index (χ1v) is 6.05. The van der Waals surface area contributed by atoms with Crippen LogP contribution in [0.1, 0.15) is 20.3 Å². The summed E-state index contributed by atoms with van der Waals surface area (Å²) in [7, 11) is 0. The Morgan fingerprint density at radius 3 is 3.12 bits per heavy atom. The molecule has 0 amide bonds. The Morgan fingerprint density at radius 2 is 2.47 bits per heavy atom. The number of esters is 1. The monoisotopic (exact) mass is 237 g/mol. The van der Waals surface area contributed by atoms with E-state index in [0.717, 1.165) is 25.1 Å². The molecule has 2 rings (SSSR count). The van der Waals surface area contributed by atoms with E-state index in [9.17, 15) is 9.90 Å². The number of aliphatic hydroxyl groups excluding tert-OH is 1. The maximum absolute atomic E-state index is 11.7. The first-order valence-electron chi connectivity index (χ1n) is 6.05. The van der Waals surface area contributed by atoms with Crippen molar-refractivity contribution in [3.05, 3.63) is 23.3 Å². The average molecular weight is 237 g/mol. The molecule has 1 N–H and O–H groups in total. The number of carbonyl (C=O) groups is 1. The Bertz CT molecular complexity index is 373. The lowest BCUT2D eigenvalue weighted by atomic mass is 10.1. The smallest absolute Gasteiger partial charge is 0.333 e. The normalized spacial score (nSPS) is 29.1. The molecule has 1 fully saturated rings. The van der Waals surface area contributed by atoms with Crippen LogP contribution in [0.25, 0.3) is 0 Å². The zero-order valence-electron chi connectivity index (χ0n) is 10.3. The molecule has 2 aliphatic heterocycles. The van der Waals surface area contributed by atoms with Crippen LogP contribution >= 0.6 is 0 Å². The van der Waals surface area contributed by atoms with Crippen LogP contribution in [0.5, 0.6) is 0 Å². The molecule has 0 radical (unpaired) electrons. The van der Waals surface area contributed by atoms with Crippen LogP contribution in [-0.2, 0) is 9.53 Å². The highest BCUT2D eigenvalue weighted by Crippen LogP contribution is 2.31. The molecule has 17 heavy (non-hydrogen) atoms. The predicted octanol–water partition coefficient (Wildman–Crippen LogP) is 0.871. The molecule has 1 saturated heterocycles. The Kier molecular flexibility index (Phi) is 3.64. The van der Waals surface area contributed by atoms with E-state index in [1.165, 1.54) is 0 Å². The van der Waals surface area contributed by atoms with E-state index in [4.69, 9.17) is 4.74 Å². The molecular formula is C13H19NO3. The largest absolute Gasteiger partial charge is 0.457 e. The maximum Gasteiger partial charge on any atom is 0.333 e. The minimum absolute atomic E-state index is 0.0534. The van der Waals surface area contributed by atoms with Gasteiger partial charge in [0.05, 0.1) is 12.6 Å². The summed E-state index contributed by atoms with van der Waals surface area (Å²) in [5.41, 5.74) is 1.62. The van der Waals surface area contributed by atoms with E-state index >= 15 is 0 Å². The summed E-state index contributed by atoms with van der Waals surface area (Å²) in [6.07, 6.45) is 4.53. The van der Waals surface area contributed by atoms with E-state index in [1.54, 1.807) is 13.0 Å². The van der Waals surface area contributed by atoms with Crippen molar-refractivity contribution in [3.63, 3.8) is 0 Å². The number of rotatable bonds is 3. The van der Waals surface area contributed by atoms with Crippen molar-refractivity contribution >= 4 is 5.97 Å². The van der Waals surface area contributed by atoms with Crippen molar-refractivity contribution in [2.75, 3.05) is 19.7 Å². The van der Waals surface area contributed by atoms with Gasteiger partial charge in [0.1, 0.15) is 6.10 Å². The van der Waals surface area contributed by atoms with Crippen LogP contribution < -0.4 is 0 Å². The standard InChI is InChI=1S/C13H19NO3/c1-3-9(2)13(16)17-11-5-7-14-6-4-10(8-15)12(11)14/h3-4,11-12,15H,5-8H2,1-2H3/b9-3-/t11-,12-/m1/s1. The second-order valence-corrected chi connectivity index (χ2v) is 4.58. The average Bonchev–Trinajstić information content (AvgIpc) is 2.90. The van der Waals surface area contributed by atoms with Gasteiger partial charge in [-0.15, -0.1) is 0 Å². The third kappa shape index (κ3) is 2.28. The number of carbonyl (C=O) groups excluding carboxylic acids is 1. The molecular weight excluding hydrogens is 218 g/mol. The minimum atomic E-state index is -0.247. The van der Waals surface area contributed by atoms with Gasteiger partial charge in [-0.25, -0.2) is 4.79 Å². The summed E-state index contributed by atoms with van der Waals surface area (Å²) in [6, 6.07) is 0.0913. The SMILES string of the molecule is C/C=C(/C)C(=O)O[C@@H]1CCN2CC=C(CO)[C@H]12. The summed E-state index contributed by atoms with van der Waals surface area (Å²) in [5, 5.41) is 9.27. The van der Waals surface area contributed by atoms with Gasteiger partial charge in [-0.2, -0.15) is 0 Å². The molecule has 0 aromatic rings. The number of fused-ring (bicyclic) bond motifs is 1. The van der Waals surface area contributed by atoms with Crippen molar-refractivity contribution in [2.24, 2.45) is 0 Å². The van der Waals surface area contributed by atoms with Gasteiger partial charge >= 0.3 is 5.97 Å². The Balaban J connectivity index is 2.03. The van der Waals surface area contributed by atoms with Crippen LogP contribution in [-0.4, -0.2) is 47.8 Å². The molecule has 94 valence electrons. The van der Waals surface area contributed by atoms with Crippen LogP contribution in [0.2, 0.25) is 0 Å². The third-order valence-corrected chi connectivity index (χ3v) is 3.61. The highest BCUT2D eigenvalue weighted by Gasteiger charge is 2.41. The van der Waals surface area contributed by atoms with E-state index < -0.39 is 0 Å². The van der Waals surface area contributed by atoms with Crippen LogP contribution in [0.3, 0.4) is 0 Å². The number of hydrogen-bond donors (Lipinski definition) is 1. The molecule has 2 atom stereocenters. The van der Waals surface area contributed by atoms with Crippen molar-refractivity contribution in [1.29, 1.82) is 0 Å². The fourth-order valence-electron chi connectivity index (χ4n) is 2.49. The molecule has 0 aromatic carbocycles.